The van der Waals surface area contributed by atoms with E-state index in [4.69, 9.17) is 4.42 Å². The van der Waals surface area contributed by atoms with E-state index in [1.807, 2.05) is 0 Å². The van der Waals surface area contributed by atoms with Crippen molar-refractivity contribution in [2.45, 2.75) is 12.3 Å². The van der Waals surface area contributed by atoms with Crippen molar-refractivity contribution >= 4 is 11.0 Å². The summed E-state index contributed by atoms with van der Waals surface area (Å²) in [6, 6.07) is 4.44. The topological polar surface area (TPSA) is 70.7 Å². The van der Waals surface area contributed by atoms with Gasteiger partial charge in [0.2, 0.25) is 0 Å². The molecular formula is C15H12O4. The Bertz CT molecular complexity index is 752. The molecule has 1 aliphatic rings. The molecule has 1 heterocycles. The highest BCUT2D eigenvalue weighted by Crippen LogP contribution is 2.26. The van der Waals surface area contributed by atoms with Gasteiger partial charge >= 0.3 is 0 Å². The molecule has 1 unspecified atom stereocenters. The molecule has 4 heteroatoms. The smallest absolute Gasteiger partial charge is 0.196 e. The molecule has 0 bridgehead atoms. The van der Waals surface area contributed by atoms with Gasteiger partial charge in [0.15, 0.2) is 5.43 Å². The van der Waals surface area contributed by atoms with E-state index in [1.165, 1.54) is 18.4 Å². The molecule has 1 atom stereocenters. The van der Waals surface area contributed by atoms with Gasteiger partial charge in [-0.2, -0.15) is 0 Å². The summed E-state index contributed by atoms with van der Waals surface area (Å²) < 4.78 is 5.41. The summed E-state index contributed by atoms with van der Waals surface area (Å²) in [6.07, 6.45) is 7.03. The quantitative estimate of drug-likeness (QED) is 0.822. The second-order valence-corrected chi connectivity index (χ2v) is 4.53. The van der Waals surface area contributed by atoms with E-state index in [9.17, 15) is 15.0 Å². The highest BCUT2D eigenvalue weighted by Gasteiger charge is 2.17. The van der Waals surface area contributed by atoms with Crippen LogP contribution < -0.4 is 5.43 Å². The fraction of sp³-hybridized carbons (Fsp3) is 0.133. The lowest BCUT2D eigenvalue weighted by atomic mass is 9.92. The number of hydrogen-bond donors (Lipinski definition) is 2. The highest BCUT2D eigenvalue weighted by molar-refractivity contribution is 5.78. The molecule has 2 aromatic rings. The monoisotopic (exact) mass is 256 g/mol. The fourth-order valence-corrected chi connectivity index (χ4v) is 2.23. The molecule has 1 aromatic carbocycles. The maximum absolute atomic E-state index is 12.4. The number of hydrogen-bond acceptors (Lipinski definition) is 4. The lowest BCUT2D eigenvalue weighted by molar-refractivity contribution is 0.424. The average Bonchev–Trinajstić information content (AvgIpc) is 2.40. The summed E-state index contributed by atoms with van der Waals surface area (Å²) in [5.74, 6) is 0.186. The third-order valence-corrected chi connectivity index (χ3v) is 3.26. The minimum absolute atomic E-state index is 0.0637. The summed E-state index contributed by atoms with van der Waals surface area (Å²) in [7, 11) is 0. The molecule has 0 saturated carbocycles. The first-order chi connectivity index (χ1) is 9.15. The Morgan fingerprint density at radius 2 is 2.11 bits per heavy atom. The third-order valence-electron chi connectivity index (χ3n) is 3.26. The molecule has 1 aromatic heterocycles. The highest BCUT2D eigenvalue weighted by atomic mass is 16.3. The Morgan fingerprint density at radius 3 is 2.84 bits per heavy atom. The van der Waals surface area contributed by atoms with Crippen molar-refractivity contribution in [1.29, 1.82) is 0 Å². The summed E-state index contributed by atoms with van der Waals surface area (Å²) in [6.45, 7) is 0. The molecule has 96 valence electrons. The van der Waals surface area contributed by atoms with E-state index in [-0.39, 0.29) is 22.9 Å². The van der Waals surface area contributed by atoms with Crippen molar-refractivity contribution in [3.63, 3.8) is 0 Å². The molecule has 0 saturated heterocycles. The van der Waals surface area contributed by atoms with Gasteiger partial charge in [-0.3, -0.25) is 4.79 Å². The van der Waals surface area contributed by atoms with Crippen LogP contribution in [-0.2, 0) is 0 Å². The Balaban J connectivity index is 2.11. The first-order valence-corrected chi connectivity index (χ1v) is 5.97. The zero-order valence-corrected chi connectivity index (χ0v) is 10.0. The molecular weight excluding hydrogens is 244 g/mol. The predicted molar refractivity (Wildman–Crippen MR) is 71.4 cm³/mol. The van der Waals surface area contributed by atoms with Crippen molar-refractivity contribution in [2.75, 3.05) is 0 Å². The molecule has 0 amide bonds. The standard InChI is InChI=1S/C15H12O4/c16-10-3-1-9(2-4-10)13-8-19-14-7-11(17)5-6-12(14)15(13)18/h1,3-9,16-17H,2H2. The second kappa shape index (κ2) is 4.31. The van der Waals surface area contributed by atoms with E-state index in [0.717, 1.165) is 0 Å². The maximum atomic E-state index is 12.4. The molecule has 3 rings (SSSR count). The molecule has 0 spiro atoms. The summed E-state index contributed by atoms with van der Waals surface area (Å²) >= 11 is 0. The molecule has 0 aliphatic heterocycles. The third kappa shape index (κ3) is 2.01. The number of rotatable bonds is 1. The predicted octanol–water partition coefficient (Wildman–Crippen LogP) is 2.98. The number of fused-ring (bicyclic) bond motifs is 1. The van der Waals surface area contributed by atoms with E-state index >= 15 is 0 Å². The Morgan fingerprint density at radius 1 is 1.26 bits per heavy atom. The zero-order chi connectivity index (χ0) is 13.4. The van der Waals surface area contributed by atoms with Gasteiger partial charge in [0, 0.05) is 17.5 Å². The van der Waals surface area contributed by atoms with Crippen LogP contribution in [-0.4, -0.2) is 10.2 Å². The minimum Gasteiger partial charge on any atom is -0.508 e. The number of allylic oxidation sites excluding steroid dienone is 3. The van der Waals surface area contributed by atoms with Crippen LogP contribution in [0.15, 0.2) is 57.7 Å². The Kier molecular flexibility index (Phi) is 2.63. The van der Waals surface area contributed by atoms with Crippen molar-refractivity contribution in [1.82, 2.24) is 0 Å². The Hall–Kier alpha value is -2.49. The number of aliphatic hydroxyl groups is 1. The summed E-state index contributed by atoms with van der Waals surface area (Å²) in [4.78, 5) is 12.4. The molecule has 0 fully saturated rings. The number of phenols is 1. The van der Waals surface area contributed by atoms with Gasteiger partial charge in [0.25, 0.3) is 0 Å². The summed E-state index contributed by atoms with van der Waals surface area (Å²) in [5, 5.41) is 19.1. The van der Waals surface area contributed by atoms with Gasteiger partial charge in [-0.15, -0.1) is 0 Å². The van der Waals surface area contributed by atoms with Gasteiger partial charge in [-0.25, -0.2) is 0 Å². The fourth-order valence-electron chi connectivity index (χ4n) is 2.23. The van der Waals surface area contributed by atoms with Gasteiger partial charge in [0.1, 0.15) is 17.1 Å². The van der Waals surface area contributed by atoms with E-state index in [0.29, 0.717) is 23.0 Å². The van der Waals surface area contributed by atoms with Crippen molar-refractivity contribution in [2.24, 2.45) is 0 Å². The van der Waals surface area contributed by atoms with Gasteiger partial charge in [-0.1, -0.05) is 6.08 Å². The minimum atomic E-state index is -0.106. The van der Waals surface area contributed by atoms with Crippen LogP contribution in [0.1, 0.15) is 17.9 Å². The van der Waals surface area contributed by atoms with Gasteiger partial charge in [0.05, 0.1) is 11.6 Å². The van der Waals surface area contributed by atoms with Crippen LogP contribution in [0.2, 0.25) is 0 Å². The average molecular weight is 256 g/mol. The maximum Gasteiger partial charge on any atom is 0.196 e. The number of aromatic hydroxyl groups is 1. The molecule has 4 nitrogen and oxygen atoms in total. The molecule has 1 aliphatic carbocycles. The van der Waals surface area contributed by atoms with Crippen LogP contribution in [0.3, 0.4) is 0 Å². The first-order valence-electron chi connectivity index (χ1n) is 5.97. The van der Waals surface area contributed by atoms with Crippen molar-refractivity contribution in [3.8, 4) is 5.75 Å². The van der Waals surface area contributed by atoms with Crippen LogP contribution in [0.5, 0.6) is 5.75 Å². The lowest BCUT2D eigenvalue weighted by Crippen LogP contribution is -2.13. The van der Waals surface area contributed by atoms with Crippen LogP contribution in [0.4, 0.5) is 0 Å². The molecule has 19 heavy (non-hydrogen) atoms. The largest absolute Gasteiger partial charge is 0.508 e. The molecule has 0 radical (unpaired) electrons. The van der Waals surface area contributed by atoms with Crippen molar-refractivity contribution in [3.05, 3.63) is 64.2 Å². The zero-order valence-electron chi connectivity index (χ0n) is 10.0. The van der Waals surface area contributed by atoms with Crippen LogP contribution in [0, 0.1) is 0 Å². The van der Waals surface area contributed by atoms with Gasteiger partial charge in [-0.05, 0) is 30.7 Å². The SMILES string of the molecule is O=c1c(C2C=CC(O)=CC2)coc2cc(O)ccc12. The normalized spacial score (nSPS) is 18.5. The van der Waals surface area contributed by atoms with Crippen LogP contribution in [0.25, 0.3) is 11.0 Å². The number of phenolic OH excluding ortho intramolecular Hbond substituents is 1. The molecule has 2 N–H and O–H groups in total. The van der Waals surface area contributed by atoms with Crippen LogP contribution >= 0.6 is 0 Å². The number of aliphatic hydroxyl groups excluding tert-OH is 1. The van der Waals surface area contributed by atoms with Gasteiger partial charge < -0.3 is 14.6 Å². The van der Waals surface area contributed by atoms with E-state index in [1.54, 1.807) is 24.3 Å². The van der Waals surface area contributed by atoms with E-state index < -0.39 is 0 Å². The second-order valence-electron chi connectivity index (χ2n) is 4.53. The number of benzene rings is 1. The van der Waals surface area contributed by atoms with E-state index in [2.05, 4.69) is 0 Å². The lowest BCUT2D eigenvalue weighted by Gasteiger charge is -2.13. The summed E-state index contributed by atoms with van der Waals surface area (Å²) in [5.41, 5.74) is 0.816. The first kappa shape index (κ1) is 11.6. The Labute approximate surface area is 108 Å². The van der Waals surface area contributed by atoms with Crippen molar-refractivity contribution < 1.29 is 14.6 Å².